The summed E-state index contributed by atoms with van der Waals surface area (Å²) in [6.07, 6.45) is 3.03. The molecule has 0 rings (SSSR count). The van der Waals surface area contributed by atoms with Crippen molar-refractivity contribution in [2.75, 3.05) is 26.2 Å². The van der Waals surface area contributed by atoms with Gasteiger partial charge in [0.1, 0.15) is 0 Å². The lowest BCUT2D eigenvalue weighted by Gasteiger charge is -2.25. The molecule has 0 fully saturated rings. The highest BCUT2D eigenvalue weighted by molar-refractivity contribution is 5.81. The normalized spacial score (nSPS) is 14.3. The van der Waals surface area contributed by atoms with Crippen molar-refractivity contribution in [3.63, 3.8) is 0 Å². The number of carbonyl (C=O) groups excluding carboxylic acids is 1. The second-order valence-electron chi connectivity index (χ2n) is 4.81. The number of amides is 1. The van der Waals surface area contributed by atoms with Crippen molar-refractivity contribution in [3.8, 4) is 0 Å². The molecular weight excluding hydrogens is 228 g/mol. The van der Waals surface area contributed by atoms with Crippen LogP contribution < -0.4 is 5.32 Å². The molecule has 2 atom stereocenters. The van der Waals surface area contributed by atoms with Crippen molar-refractivity contribution in [2.24, 2.45) is 5.92 Å². The number of aliphatic hydroxyl groups is 1. The van der Waals surface area contributed by atoms with E-state index in [-0.39, 0.29) is 18.6 Å². The van der Waals surface area contributed by atoms with Crippen LogP contribution >= 0.6 is 0 Å². The molecular formula is C14H30N2O2. The second kappa shape index (κ2) is 10.3. The lowest BCUT2D eigenvalue weighted by Crippen LogP contribution is -2.46. The summed E-state index contributed by atoms with van der Waals surface area (Å²) in [4.78, 5) is 13.9. The van der Waals surface area contributed by atoms with Crippen LogP contribution in [-0.4, -0.2) is 48.2 Å². The highest BCUT2D eigenvalue weighted by atomic mass is 16.3. The number of nitrogens with one attached hydrogen (secondary N) is 1. The van der Waals surface area contributed by atoms with Gasteiger partial charge >= 0.3 is 0 Å². The summed E-state index contributed by atoms with van der Waals surface area (Å²) in [7, 11) is 0. The Kier molecular flexibility index (Phi) is 9.98. The second-order valence-corrected chi connectivity index (χ2v) is 4.81. The minimum atomic E-state index is -0.136. The zero-order chi connectivity index (χ0) is 14.0. The van der Waals surface area contributed by atoms with E-state index in [1.165, 1.54) is 0 Å². The van der Waals surface area contributed by atoms with Gasteiger partial charge < -0.3 is 15.3 Å². The van der Waals surface area contributed by atoms with E-state index in [0.717, 1.165) is 38.9 Å². The third-order valence-corrected chi connectivity index (χ3v) is 3.39. The van der Waals surface area contributed by atoms with Crippen LogP contribution in [0.3, 0.4) is 0 Å². The Labute approximate surface area is 112 Å². The largest absolute Gasteiger partial charge is 0.396 e. The maximum atomic E-state index is 12.0. The number of rotatable bonds is 10. The number of hydrogen-bond acceptors (Lipinski definition) is 3. The van der Waals surface area contributed by atoms with Crippen molar-refractivity contribution >= 4 is 5.91 Å². The molecule has 1 amide bonds. The van der Waals surface area contributed by atoms with Gasteiger partial charge in [0.05, 0.1) is 6.04 Å². The highest BCUT2D eigenvalue weighted by Gasteiger charge is 2.18. The van der Waals surface area contributed by atoms with Gasteiger partial charge in [-0.05, 0) is 46.1 Å². The molecule has 2 N–H and O–H groups in total. The summed E-state index contributed by atoms with van der Waals surface area (Å²) in [6, 6.07) is -0.136. The van der Waals surface area contributed by atoms with Gasteiger partial charge in [0, 0.05) is 19.7 Å². The summed E-state index contributed by atoms with van der Waals surface area (Å²) >= 11 is 0. The van der Waals surface area contributed by atoms with Crippen molar-refractivity contribution in [2.45, 2.75) is 53.0 Å². The number of carbonyl (C=O) groups is 1. The van der Waals surface area contributed by atoms with Gasteiger partial charge in [-0.25, -0.2) is 0 Å². The summed E-state index contributed by atoms with van der Waals surface area (Å²) < 4.78 is 0. The molecule has 18 heavy (non-hydrogen) atoms. The Morgan fingerprint density at radius 1 is 1.22 bits per heavy atom. The summed E-state index contributed by atoms with van der Waals surface area (Å²) in [6.45, 7) is 10.6. The monoisotopic (exact) mass is 258 g/mol. The van der Waals surface area contributed by atoms with Crippen LogP contribution in [0.1, 0.15) is 47.0 Å². The van der Waals surface area contributed by atoms with Gasteiger partial charge in [0.15, 0.2) is 0 Å². The Bertz CT molecular complexity index is 212. The van der Waals surface area contributed by atoms with E-state index in [1.54, 1.807) is 0 Å². The molecule has 108 valence electrons. The Morgan fingerprint density at radius 3 is 2.28 bits per heavy atom. The molecule has 0 aromatic carbocycles. The molecule has 0 aromatic rings. The van der Waals surface area contributed by atoms with Crippen molar-refractivity contribution in [1.29, 1.82) is 0 Å². The van der Waals surface area contributed by atoms with Gasteiger partial charge in [-0.15, -0.1) is 0 Å². The molecule has 0 saturated heterocycles. The fourth-order valence-corrected chi connectivity index (χ4v) is 2.18. The Hall–Kier alpha value is -0.610. The van der Waals surface area contributed by atoms with E-state index in [4.69, 9.17) is 5.11 Å². The number of aliphatic hydroxyl groups excluding tert-OH is 1. The molecule has 0 aliphatic heterocycles. The fraction of sp³-hybridized carbons (Fsp3) is 0.929. The average Bonchev–Trinajstić information content (AvgIpc) is 2.37. The van der Waals surface area contributed by atoms with Crippen molar-refractivity contribution < 1.29 is 9.90 Å². The predicted molar refractivity (Wildman–Crippen MR) is 75.5 cm³/mol. The molecule has 0 saturated carbocycles. The zero-order valence-corrected chi connectivity index (χ0v) is 12.4. The minimum absolute atomic E-state index is 0.136. The van der Waals surface area contributed by atoms with E-state index in [1.807, 2.05) is 25.7 Å². The van der Waals surface area contributed by atoms with Gasteiger partial charge in [-0.2, -0.15) is 0 Å². The first-order valence-electron chi connectivity index (χ1n) is 7.23. The molecule has 0 radical (unpaired) electrons. The molecule has 0 heterocycles. The first-order valence-corrected chi connectivity index (χ1v) is 7.23. The number of nitrogens with zero attached hydrogens (tertiary/aromatic N) is 1. The quantitative estimate of drug-likeness (QED) is 0.626. The van der Waals surface area contributed by atoms with Crippen LogP contribution in [0.2, 0.25) is 0 Å². The predicted octanol–water partition coefficient (Wildman–Crippen LogP) is 1.63. The lowest BCUT2D eigenvalue weighted by atomic mass is 10.00. The van der Waals surface area contributed by atoms with Crippen LogP contribution in [0.15, 0.2) is 0 Å². The SMILES string of the molecule is CCCC(CCO)CNC(C)C(=O)N(CC)CC. The van der Waals surface area contributed by atoms with Crippen LogP contribution in [0.25, 0.3) is 0 Å². The standard InChI is InChI=1S/C14H30N2O2/c1-5-8-13(9-10-17)11-15-12(4)14(18)16(6-2)7-3/h12-13,15,17H,5-11H2,1-4H3. The molecule has 0 aliphatic rings. The van der Waals surface area contributed by atoms with Crippen LogP contribution in [0, 0.1) is 5.92 Å². The van der Waals surface area contributed by atoms with E-state index < -0.39 is 0 Å². The molecule has 0 spiro atoms. The maximum absolute atomic E-state index is 12.0. The van der Waals surface area contributed by atoms with Crippen LogP contribution in [0.4, 0.5) is 0 Å². The van der Waals surface area contributed by atoms with E-state index in [9.17, 15) is 4.79 Å². The van der Waals surface area contributed by atoms with Crippen LogP contribution in [0.5, 0.6) is 0 Å². The van der Waals surface area contributed by atoms with E-state index >= 15 is 0 Å². The molecule has 0 aromatic heterocycles. The molecule has 0 bridgehead atoms. The Morgan fingerprint density at radius 2 is 1.83 bits per heavy atom. The number of hydrogen-bond donors (Lipinski definition) is 2. The molecule has 4 heteroatoms. The van der Waals surface area contributed by atoms with Crippen LogP contribution in [-0.2, 0) is 4.79 Å². The zero-order valence-electron chi connectivity index (χ0n) is 12.4. The topological polar surface area (TPSA) is 52.6 Å². The van der Waals surface area contributed by atoms with Crippen molar-refractivity contribution in [3.05, 3.63) is 0 Å². The van der Waals surface area contributed by atoms with Gasteiger partial charge in [-0.1, -0.05) is 13.3 Å². The first kappa shape index (κ1) is 17.4. The summed E-state index contributed by atoms with van der Waals surface area (Å²) in [5.41, 5.74) is 0. The summed E-state index contributed by atoms with van der Waals surface area (Å²) in [5.74, 6) is 0.631. The smallest absolute Gasteiger partial charge is 0.239 e. The average molecular weight is 258 g/mol. The third kappa shape index (κ3) is 6.36. The summed E-state index contributed by atoms with van der Waals surface area (Å²) in [5, 5.41) is 12.3. The molecule has 2 unspecified atom stereocenters. The molecule has 0 aliphatic carbocycles. The third-order valence-electron chi connectivity index (χ3n) is 3.39. The van der Waals surface area contributed by atoms with E-state index in [0.29, 0.717) is 5.92 Å². The van der Waals surface area contributed by atoms with Gasteiger partial charge in [0.25, 0.3) is 0 Å². The van der Waals surface area contributed by atoms with E-state index in [2.05, 4.69) is 12.2 Å². The number of likely N-dealkylation sites (N-methyl/N-ethyl adjacent to an activating group) is 1. The lowest BCUT2D eigenvalue weighted by molar-refractivity contribution is -0.132. The van der Waals surface area contributed by atoms with Gasteiger partial charge in [0.2, 0.25) is 5.91 Å². The Balaban J connectivity index is 4.12. The van der Waals surface area contributed by atoms with Gasteiger partial charge in [-0.3, -0.25) is 4.79 Å². The molecule has 4 nitrogen and oxygen atoms in total. The maximum Gasteiger partial charge on any atom is 0.239 e. The highest BCUT2D eigenvalue weighted by Crippen LogP contribution is 2.10. The minimum Gasteiger partial charge on any atom is -0.396 e. The fourth-order valence-electron chi connectivity index (χ4n) is 2.18. The first-order chi connectivity index (χ1) is 8.60. The van der Waals surface area contributed by atoms with Crippen molar-refractivity contribution in [1.82, 2.24) is 10.2 Å².